The number of amides is 1. The summed E-state index contributed by atoms with van der Waals surface area (Å²) in [6.45, 7) is 8.13. The Labute approximate surface area is 202 Å². The minimum Gasteiger partial charge on any atom is -0.462 e. The van der Waals surface area contributed by atoms with Gasteiger partial charge in [-0.3, -0.25) is 14.0 Å². The molecule has 0 saturated carbocycles. The first-order valence-corrected chi connectivity index (χ1v) is 11.7. The van der Waals surface area contributed by atoms with Crippen molar-refractivity contribution >= 4 is 28.6 Å². The van der Waals surface area contributed by atoms with Crippen LogP contribution in [0.2, 0.25) is 0 Å². The Bertz CT molecular complexity index is 1560. The summed E-state index contributed by atoms with van der Waals surface area (Å²) in [6, 6.07) is 12.2. The molecule has 0 radical (unpaired) electrons. The highest BCUT2D eigenvalue weighted by Crippen LogP contribution is 2.14. The number of benzene rings is 1. The van der Waals surface area contributed by atoms with E-state index in [1.807, 2.05) is 26.8 Å². The molecule has 0 aliphatic rings. The van der Waals surface area contributed by atoms with Gasteiger partial charge >= 0.3 is 5.97 Å². The van der Waals surface area contributed by atoms with Crippen LogP contribution in [0.25, 0.3) is 16.7 Å². The van der Waals surface area contributed by atoms with Gasteiger partial charge in [0.1, 0.15) is 16.9 Å². The summed E-state index contributed by atoms with van der Waals surface area (Å²) in [5.74, 6) is -1.13. The Kier molecular flexibility index (Phi) is 6.91. The van der Waals surface area contributed by atoms with Gasteiger partial charge in [0.2, 0.25) is 0 Å². The number of fused-ring (bicyclic) bond motifs is 2. The van der Waals surface area contributed by atoms with Crippen LogP contribution >= 0.6 is 0 Å². The molecule has 4 rings (SSSR count). The van der Waals surface area contributed by atoms with Crippen molar-refractivity contribution in [1.82, 2.24) is 14.0 Å². The Hall–Kier alpha value is -4.07. The molecule has 3 heterocycles. The third-order valence-corrected chi connectivity index (χ3v) is 5.70. The number of ether oxygens (including phenoxy) is 1. The van der Waals surface area contributed by atoms with Crippen LogP contribution in [-0.2, 0) is 11.3 Å². The minimum absolute atomic E-state index is 0.0583. The molecule has 180 valence electrons. The van der Waals surface area contributed by atoms with Gasteiger partial charge in [0.15, 0.2) is 5.49 Å². The van der Waals surface area contributed by atoms with Gasteiger partial charge in [-0.15, -0.1) is 0 Å². The summed E-state index contributed by atoms with van der Waals surface area (Å²) in [4.78, 5) is 48.7. The molecule has 8 heteroatoms. The number of nitrogens with zero attached hydrogens (tertiary/aromatic N) is 4. The summed E-state index contributed by atoms with van der Waals surface area (Å²) in [5, 5.41) is 0.255. The fourth-order valence-corrected chi connectivity index (χ4v) is 4.14. The third kappa shape index (κ3) is 4.77. The van der Waals surface area contributed by atoms with Crippen molar-refractivity contribution in [2.45, 2.75) is 47.1 Å². The molecule has 0 aliphatic heterocycles. The van der Waals surface area contributed by atoms with E-state index in [-0.39, 0.29) is 28.6 Å². The van der Waals surface area contributed by atoms with E-state index in [1.165, 1.54) is 10.5 Å². The highest BCUT2D eigenvalue weighted by atomic mass is 16.5. The van der Waals surface area contributed by atoms with Gasteiger partial charge in [0.25, 0.3) is 11.5 Å². The van der Waals surface area contributed by atoms with Gasteiger partial charge in [0, 0.05) is 18.3 Å². The number of carbonyl (C=O) groups excluding carboxylic acids is 2. The standard InChI is InChI=1S/C27H28N4O4/c1-5-7-11-31-23-20(26(33)30-12-9-8-10-22(30)28-23)16-21(27(34)35-6-2)24(31)29-25(32)19-14-17(3)13-18(4)15-19/h8-10,12-16H,5-7,11H2,1-4H3. The summed E-state index contributed by atoms with van der Waals surface area (Å²) >= 11 is 0. The molecule has 0 aliphatic carbocycles. The monoisotopic (exact) mass is 472 g/mol. The molecule has 0 fully saturated rings. The summed E-state index contributed by atoms with van der Waals surface area (Å²) in [5.41, 5.74) is 3.02. The topological polar surface area (TPSA) is 95.0 Å². The van der Waals surface area contributed by atoms with Gasteiger partial charge in [-0.2, -0.15) is 4.99 Å². The van der Waals surface area contributed by atoms with Crippen molar-refractivity contribution in [2.24, 2.45) is 4.99 Å². The Morgan fingerprint density at radius 3 is 2.49 bits per heavy atom. The van der Waals surface area contributed by atoms with Crippen molar-refractivity contribution < 1.29 is 14.3 Å². The molecule has 0 N–H and O–H groups in total. The second-order valence-electron chi connectivity index (χ2n) is 8.48. The molecule has 3 aromatic heterocycles. The first-order valence-electron chi connectivity index (χ1n) is 11.7. The summed E-state index contributed by atoms with van der Waals surface area (Å²) in [7, 11) is 0. The van der Waals surface area contributed by atoms with E-state index in [2.05, 4.69) is 4.99 Å². The number of hydrogen-bond donors (Lipinski definition) is 0. The zero-order chi connectivity index (χ0) is 25.1. The molecule has 1 aromatic carbocycles. The van der Waals surface area contributed by atoms with Crippen LogP contribution in [0.1, 0.15) is 58.5 Å². The van der Waals surface area contributed by atoms with Gasteiger partial charge in [-0.05, 0) is 57.5 Å². The van der Waals surface area contributed by atoms with Gasteiger partial charge in [-0.1, -0.05) is 36.6 Å². The zero-order valence-electron chi connectivity index (χ0n) is 20.4. The number of pyridine rings is 2. The lowest BCUT2D eigenvalue weighted by molar-refractivity contribution is 0.0523. The van der Waals surface area contributed by atoms with Crippen LogP contribution in [0.4, 0.5) is 0 Å². The van der Waals surface area contributed by atoms with Crippen LogP contribution in [-0.4, -0.2) is 32.4 Å². The first-order chi connectivity index (χ1) is 16.8. The van der Waals surface area contributed by atoms with Crippen molar-refractivity contribution in [3.05, 3.63) is 86.8 Å². The van der Waals surface area contributed by atoms with Gasteiger partial charge in [0.05, 0.1) is 12.0 Å². The molecule has 0 atom stereocenters. The fourth-order valence-electron chi connectivity index (χ4n) is 4.14. The Morgan fingerprint density at radius 2 is 1.80 bits per heavy atom. The van der Waals surface area contributed by atoms with Crippen molar-refractivity contribution in [2.75, 3.05) is 6.61 Å². The number of hydrogen-bond acceptors (Lipinski definition) is 5. The highest BCUT2D eigenvalue weighted by Gasteiger charge is 2.20. The largest absolute Gasteiger partial charge is 0.462 e. The fraction of sp³-hybridized carbons (Fsp3) is 0.296. The van der Waals surface area contributed by atoms with Crippen molar-refractivity contribution in [3.63, 3.8) is 0 Å². The maximum atomic E-state index is 13.3. The minimum atomic E-state index is -0.649. The van der Waals surface area contributed by atoms with Crippen LogP contribution in [0.15, 0.2) is 58.4 Å². The average molecular weight is 473 g/mol. The molecule has 0 bridgehead atoms. The van der Waals surface area contributed by atoms with Crippen LogP contribution < -0.4 is 11.0 Å². The van der Waals surface area contributed by atoms with E-state index in [0.29, 0.717) is 23.4 Å². The van der Waals surface area contributed by atoms with E-state index in [9.17, 15) is 14.4 Å². The van der Waals surface area contributed by atoms with Crippen LogP contribution in [0.3, 0.4) is 0 Å². The lowest BCUT2D eigenvalue weighted by Crippen LogP contribution is -2.33. The smallest absolute Gasteiger partial charge is 0.341 e. The Balaban J connectivity index is 2.11. The van der Waals surface area contributed by atoms with Crippen molar-refractivity contribution in [3.8, 4) is 0 Å². The molecule has 0 unspecified atom stereocenters. The zero-order valence-corrected chi connectivity index (χ0v) is 20.4. The number of esters is 1. The predicted octanol–water partition coefficient (Wildman–Crippen LogP) is 3.98. The van der Waals surface area contributed by atoms with Crippen molar-refractivity contribution in [1.29, 1.82) is 0 Å². The molecule has 4 aromatic rings. The van der Waals surface area contributed by atoms with E-state index >= 15 is 0 Å². The number of carbonyl (C=O) groups is 2. The van der Waals surface area contributed by atoms with E-state index in [0.717, 1.165) is 24.0 Å². The quantitative estimate of drug-likeness (QED) is 0.312. The number of aryl methyl sites for hydroxylation is 3. The molecular formula is C27H28N4O4. The third-order valence-electron chi connectivity index (χ3n) is 5.70. The highest BCUT2D eigenvalue weighted by molar-refractivity contribution is 5.97. The predicted molar refractivity (Wildman–Crippen MR) is 134 cm³/mol. The number of aromatic nitrogens is 3. The number of unbranched alkanes of at least 4 members (excludes halogenated alkanes) is 1. The molecule has 8 nitrogen and oxygen atoms in total. The maximum absolute atomic E-state index is 13.3. The lowest BCUT2D eigenvalue weighted by atomic mass is 10.1. The van der Waals surface area contributed by atoms with Gasteiger partial charge in [-0.25, -0.2) is 9.78 Å². The first kappa shape index (κ1) is 24.1. The van der Waals surface area contributed by atoms with E-state index < -0.39 is 11.9 Å². The molecule has 35 heavy (non-hydrogen) atoms. The lowest BCUT2D eigenvalue weighted by Gasteiger charge is -2.15. The molecule has 0 spiro atoms. The molecule has 1 amide bonds. The van der Waals surface area contributed by atoms with Gasteiger partial charge < -0.3 is 9.30 Å². The summed E-state index contributed by atoms with van der Waals surface area (Å²) < 4.78 is 8.40. The normalized spacial score (nSPS) is 11.8. The van der Waals surface area contributed by atoms with Crippen LogP contribution in [0.5, 0.6) is 0 Å². The van der Waals surface area contributed by atoms with E-state index in [4.69, 9.17) is 9.72 Å². The second-order valence-corrected chi connectivity index (χ2v) is 8.48. The van der Waals surface area contributed by atoms with E-state index in [1.54, 1.807) is 48.0 Å². The second kappa shape index (κ2) is 10.0. The summed E-state index contributed by atoms with van der Waals surface area (Å²) in [6.07, 6.45) is 3.23. The SMILES string of the molecule is CCCCn1c(=NC(=O)c2cc(C)cc(C)c2)c(C(=O)OCC)cc2c(=O)n3ccccc3nc21. The molecule has 0 saturated heterocycles. The molecular weight excluding hydrogens is 444 g/mol. The maximum Gasteiger partial charge on any atom is 0.341 e. The number of rotatable bonds is 6. The van der Waals surface area contributed by atoms with Crippen LogP contribution in [0, 0.1) is 13.8 Å². The average Bonchev–Trinajstić information content (AvgIpc) is 2.83. The Morgan fingerprint density at radius 1 is 1.06 bits per heavy atom.